The van der Waals surface area contributed by atoms with Gasteiger partial charge in [-0.3, -0.25) is 4.90 Å². The molecule has 1 atom stereocenters. The number of hydrogen-bond acceptors (Lipinski definition) is 3. The fraction of sp³-hybridized carbons (Fsp3) is 0.583. The Labute approximate surface area is 169 Å². The van der Waals surface area contributed by atoms with Crippen LogP contribution in [0.5, 0.6) is 0 Å². The number of benzene rings is 1. The van der Waals surface area contributed by atoms with E-state index < -0.39 is 0 Å². The third kappa shape index (κ3) is 4.25. The monoisotopic (exact) mass is 382 g/mol. The lowest BCUT2D eigenvalue weighted by Crippen LogP contribution is -2.49. The van der Waals surface area contributed by atoms with Crippen LogP contribution in [0, 0.1) is 13.8 Å². The van der Waals surface area contributed by atoms with Crippen LogP contribution in [0.2, 0.25) is 0 Å². The summed E-state index contributed by atoms with van der Waals surface area (Å²) in [6.07, 6.45) is 8.03. The Morgan fingerprint density at radius 2 is 1.67 bits per heavy atom. The van der Waals surface area contributed by atoms with Gasteiger partial charge in [-0.2, -0.15) is 0 Å². The predicted octanol–water partition coefficient (Wildman–Crippen LogP) is 5.39. The number of nitrogens with zero attached hydrogens (tertiary/aromatic N) is 2. The van der Waals surface area contributed by atoms with Crippen LogP contribution in [0.3, 0.4) is 0 Å². The van der Waals surface area contributed by atoms with Crippen molar-refractivity contribution in [3.8, 4) is 0 Å². The lowest BCUT2D eigenvalue weighted by molar-refractivity contribution is 0.188. The molecule has 1 fully saturated rings. The van der Waals surface area contributed by atoms with Gasteiger partial charge in [0, 0.05) is 47.7 Å². The Balaban J connectivity index is 1.30. The van der Waals surface area contributed by atoms with Gasteiger partial charge in [-0.15, -0.1) is 11.3 Å². The molecule has 3 heteroatoms. The maximum absolute atomic E-state index is 2.71. The zero-order valence-corrected chi connectivity index (χ0v) is 18.1. The second kappa shape index (κ2) is 8.36. The van der Waals surface area contributed by atoms with Crippen molar-refractivity contribution < 1.29 is 0 Å². The van der Waals surface area contributed by atoms with Crippen LogP contribution in [-0.4, -0.2) is 37.1 Å². The topological polar surface area (TPSA) is 6.48 Å². The third-order valence-corrected chi connectivity index (χ3v) is 7.88. The molecule has 2 aromatic rings. The van der Waals surface area contributed by atoms with Gasteiger partial charge in [0.05, 0.1) is 0 Å². The maximum Gasteiger partial charge on any atom is 0.0367 e. The van der Waals surface area contributed by atoms with Gasteiger partial charge in [0.25, 0.3) is 0 Å². The largest absolute Gasteiger partial charge is 0.369 e. The molecule has 0 N–H and O–H groups in total. The first-order valence-corrected chi connectivity index (χ1v) is 11.6. The maximum atomic E-state index is 2.71. The summed E-state index contributed by atoms with van der Waals surface area (Å²) >= 11 is 2.08. The quantitative estimate of drug-likeness (QED) is 0.684. The minimum atomic E-state index is 0.684. The number of thiophene rings is 1. The zero-order valence-electron chi connectivity index (χ0n) is 17.3. The van der Waals surface area contributed by atoms with Gasteiger partial charge in [-0.1, -0.05) is 17.7 Å². The van der Waals surface area contributed by atoms with E-state index in [1.165, 1.54) is 62.9 Å². The molecule has 1 aromatic carbocycles. The molecule has 4 rings (SSSR count). The van der Waals surface area contributed by atoms with E-state index in [-0.39, 0.29) is 0 Å². The van der Waals surface area contributed by atoms with Crippen LogP contribution >= 0.6 is 11.3 Å². The minimum absolute atomic E-state index is 0.684. The fourth-order valence-corrected chi connectivity index (χ4v) is 6.12. The van der Waals surface area contributed by atoms with E-state index >= 15 is 0 Å². The molecule has 146 valence electrons. The van der Waals surface area contributed by atoms with E-state index in [1.54, 1.807) is 20.9 Å². The second-order valence-corrected chi connectivity index (χ2v) is 9.80. The minimum Gasteiger partial charge on any atom is -0.369 e. The summed E-state index contributed by atoms with van der Waals surface area (Å²) in [5, 5.41) is 0. The van der Waals surface area contributed by atoms with E-state index in [0.29, 0.717) is 6.04 Å². The summed E-state index contributed by atoms with van der Waals surface area (Å²) in [5.41, 5.74) is 6.17. The van der Waals surface area contributed by atoms with Gasteiger partial charge in [0.1, 0.15) is 0 Å². The van der Waals surface area contributed by atoms with E-state index in [2.05, 4.69) is 66.2 Å². The molecule has 1 aliphatic heterocycles. The van der Waals surface area contributed by atoms with E-state index in [4.69, 9.17) is 0 Å². The van der Waals surface area contributed by atoms with Gasteiger partial charge < -0.3 is 4.90 Å². The zero-order chi connectivity index (χ0) is 18.8. The highest BCUT2D eigenvalue weighted by Crippen LogP contribution is 2.35. The molecule has 1 aromatic heterocycles. The van der Waals surface area contributed by atoms with Crippen molar-refractivity contribution in [2.24, 2.45) is 0 Å². The van der Waals surface area contributed by atoms with Crippen LogP contribution in [0.25, 0.3) is 0 Å². The molecule has 0 amide bonds. The Hall–Kier alpha value is -1.32. The Morgan fingerprint density at radius 3 is 2.41 bits per heavy atom. The lowest BCUT2D eigenvalue weighted by atomic mass is 9.92. The second-order valence-electron chi connectivity index (χ2n) is 8.49. The van der Waals surface area contributed by atoms with Gasteiger partial charge in [0.15, 0.2) is 0 Å². The first-order chi connectivity index (χ1) is 13.1. The molecule has 1 aliphatic carbocycles. The highest BCUT2D eigenvalue weighted by molar-refractivity contribution is 7.12. The highest BCUT2D eigenvalue weighted by atomic mass is 32.1. The number of piperazine rings is 1. The molecular weight excluding hydrogens is 348 g/mol. The normalized spacial score (nSPS) is 19.1. The molecule has 27 heavy (non-hydrogen) atoms. The molecule has 0 radical (unpaired) electrons. The van der Waals surface area contributed by atoms with Crippen molar-refractivity contribution in [3.05, 3.63) is 50.7 Å². The van der Waals surface area contributed by atoms with Gasteiger partial charge in [0.2, 0.25) is 0 Å². The standard InChI is InChI=1S/C24H34N2S/c1-18-8-11-21(12-9-18)26-16-14-25(15-17-26)19(2)10-13-22-20(3)27-24-7-5-4-6-23(22)24/h8-9,11-12,19H,4-7,10,13-17H2,1-3H3. The summed E-state index contributed by atoms with van der Waals surface area (Å²) in [7, 11) is 0. The first kappa shape index (κ1) is 19.0. The number of aryl methyl sites for hydroxylation is 3. The Morgan fingerprint density at radius 1 is 0.963 bits per heavy atom. The molecule has 2 heterocycles. The van der Waals surface area contributed by atoms with E-state index in [9.17, 15) is 0 Å². The van der Waals surface area contributed by atoms with Gasteiger partial charge >= 0.3 is 0 Å². The lowest BCUT2D eigenvalue weighted by Gasteiger charge is -2.39. The fourth-order valence-electron chi connectivity index (χ4n) is 4.81. The summed E-state index contributed by atoms with van der Waals surface area (Å²) in [6, 6.07) is 9.69. The van der Waals surface area contributed by atoms with Crippen LogP contribution < -0.4 is 4.90 Å². The predicted molar refractivity (Wildman–Crippen MR) is 118 cm³/mol. The SMILES string of the molecule is Cc1ccc(N2CCN(C(C)CCc3c(C)sc4c3CCCC4)CC2)cc1. The average Bonchev–Trinajstić information content (AvgIpc) is 3.02. The van der Waals surface area contributed by atoms with Crippen molar-refractivity contribution in [1.29, 1.82) is 0 Å². The molecule has 2 nitrogen and oxygen atoms in total. The smallest absolute Gasteiger partial charge is 0.0367 e. The molecule has 1 unspecified atom stereocenters. The van der Waals surface area contributed by atoms with Crippen molar-refractivity contribution in [1.82, 2.24) is 4.90 Å². The third-order valence-electron chi connectivity index (χ3n) is 6.63. The van der Waals surface area contributed by atoms with Crippen LogP contribution in [-0.2, 0) is 19.3 Å². The van der Waals surface area contributed by atoms with E-state index in [0.717, 1.165) is 13.1 Å². The Bertz CT molecular complexity index is 753. The van der Waals surface area contributed by atoms with Crippen molar-refractivity contribution in [3.63, 3.8) is 0 Å². The number of rotatable bonds is 5. The van der Waals surface area contributed by atoms with Gasteiger partial charge in [-0.25, -0.2) is 0 Å². The Kier molecular flexibility index (Phi) is 5.89. The molecular formula is C24H34N2S. The summed E-state index contributed by atoms with van der Waals surface area (Å²) in [6.45, 7) is 11.6. The molecule has 2 aliphatic rings. The first-order valence-electron chi connectivity index (χ1n) is 10.8. The summed E-state index contributed by atoms with van der Waals surface area (Å²) in [5.74, 6) is 0. The van der Waals surface area contributed by atoms with Crippen molar-refractivity contribution >= 4 is 17.0 Å². The average molecular weight is 383 g/mol. The van der Waals surface area contributed by atoms with Crippen LogP contribution in [0.15, 0.2) is 24.3 Å². The van der Waals surface area contributed by atoms with Crippen molar-refractivity contribution in [2.45, 2.75) is 65.3 Å². The van der Waals surface area contributed by atoms with Crippen molar-refractivity contribution in [2.75, 3.05) is 31.1 Å². The molecule has 1 saturated heterocycles. The molecule has 0 saturated carbocycles. The molecule has 0 bridgehead atoms. The molecule has 0 spiro atoms. The van der Waals surface area contributed by atoms with Crippen LogP contribution in [0.4, 0.5) is 5.69 Å². The summed E-state index contributed by atoms with van der Waals surface area (Å²) < 4.78 is 0. The number of anilines is 1. The highest BCUT2D eigenvalue weighted by Gasteiger charge is 2.23. The number of fused-ring (bicyclic) bond motifs is 1. The van der Waals surface area contributed by atoms with Gasteiger partial charge in [-0.05, 0) is 82.6 Å². The van der Waals surface area contributed by atoms with Crippen LogP contribution in [0.1, 0.15) is 52.6 Å². The van der Waals surface area contributed by atoms with E-state index in [1.807, 2.05) is 0 Å². The number of hydrogen-bond donors (Lipinski definition) is 0. The summed E-state index contributed by atoms with van der Waals surface area (Å²) in [4.78, 5) is 8.55.